The molecule has 0 bridgehead atoms. The van der Waals surface area contributed by atoms with E-state index in [4.69, 9.17) is 5.11 Å². The number of thiazole rings is 1. The molecule has 1 saturated heterocycles. The number of rotatable bonds is 3. The molecule has 0 unspecified atom stereocenters. The molecule has 2 heterocycles. The topological polar surface area (TPSA) is 53.4 Å². The molecular weight excluding hydrogens is 212 g/mol. The molecule has 1 N–H and O–H groups in total. The zero-order valence-electron chi connectivity index (χ0n) is 8.43. The number of hydrogen-bond acceptors (Lipinski definition) is 4. The Labute approximate surface area is 92.6 Å². The van der Waals surface area contributed by atoms with E-state index in [1.807, 2.05) is 11.7 Å². The molecule has 0 saturated carbocycles. The highest BCUT2D eigenvalue weighted by Gasteiger charge is 2.25. The summed E-state index contributed by atoms with van der Waals surface area (Å²) in [5.41, 5.74) is 1.81. The monoisotopic (exact) mass is 226 g/mol. The van der Waals surface area contributed by atoms with Crippen LogP contribution in [-0.4, -0.2) is 34.0 Å². The van der Waals surface area contributed by atoms with Crippen LogP contribution in [0.4, 0.5) is 0 Å². The van der Waals surface area contributed by atoms with Crippen LogP contribution in [0.2, 0.25) is 0 Å². The van der Waals surface area contributed by atoms with E-state index in [-0.39, 0.29) is 5.92 Å². The van der Waals surface area contributed by atoms with Gasteiger partial charge in [0.15, 0.2) is 0 Å². The van der Waals surface area contributed by atoms with E-state index in [0.29, 0.717) is 6.54 Å². The Kier molecular flexibility index (Phi) is 3.33. The van der Waals surface area contributed by atoms with Crippen molar-refractivity contribution in [2.75, 3.05) is 13.1 Å². The molecule has 5 heteroatoms. The third kappa shape index (κ3) is 2.76. The fraction of sp³-hybridized carbons (Fsp3) is 0.600. The van der Waals surface area contributed by atoms with Gasteiger partial charge in [0.05, 0.1) is 11.4 Å². The molecule has 2 rings (SSSR count). The highest BCUT2D eigenvalue weighted by Crippen LogP contribution is 2.19. The van der Waals surface area contributed by atoms with Crippen molar-refractivity contribution in [3.05, 3.63) is 16.6 Å². The fourth-order valence-corrected chi connectivity index (χ4v) is 2.58. The highest BCUT2D eigenvalue weighted by molar-refractivity contribution is 7.09. The lowest BCUT2D eigenvalue weighted by atomic mass is 9.98. The standard InChI is InChI=1S/C10H14N2O2S/c13-10(14)8-2-1-3-12(5-8)6-9-4-11-7-15-9/h4,7-8H,1-3,5-6H2,(H,13,14)/t8-/m1/s1. The maximum absolute atomic E-state index is 10.9. The molecule has 1 aliphatic rings. The predicted molar refractivity (Wildman–Crippen MR) is 57.8 cm³/mol. The number of piperidine rings is 1. The van der Waals surface area contributed by atoms with Gasteiger partial charge in [-0.1, -0.05) is 0 Å². The molecule has 0 radical (unpaired) electrons. The van der Waals surface area contributed by atoms with Crippen LogP contribution < -0.4 is 0 Å². The fourth-order valence-electron chi connectivity index (χ4n) is 1.94. The van der Waals surface area contributed by atoms with E-state index < -0.39 is 5.97 Å². The van der Waals surface area contributed by atoms with Crippen molar-refractivity contribution in [2.24, 2.45) is 5.92 Å². The Morgan fingerprint density at radius 2 is 2.60 bits per heavy atom. The second kappa shape index (κ2) is 4.72. The first-order valence-corrected chi connectivity index (χ1v) is 5.96. The number of aromatic nitrogens is 1. The van der Waals surface area contributed by atoms with E-state index in [0.717, 1.165) is 25.9 Å². The number of likely N-dealkylation sites (tertiary alicyclic amines) is 1. The van der Waals surface area contributed by atoms with Crippen LogP contribution in [0.25, 0.3) is 0 Å². The van der Waals surface area contributed by atoms with Gasteiger partial charge in [-0.25, -0.2) is 0 Å². The van der Waals surface area contributed by atoms with Crippen LogP contribution >= 0.6 is 11.3 Å². The SMILES string of the molecule is O=C(O)[C@@H]1CCCN(Cc2cncs2)C1. The quantitative estimate of drug-likeness (QED) is 0.847. The molecule has 0 amide bonds. The summed E-state index contributed by atoms with van der Waals surface area (Å²) >= 11 is 1.63. The molecule has 0 aliphatic carbocycles. The zero-order chi connectivity index (χ0) is 10.7. The van der Waals surface area contributed by atoms with Crippen LogP contribution in [0.3, 0.4) is 0 Å². The number of carboxylic acids is 1. The summed E-state index contributed by atoms with van der Waals surface area (Å²) in [6, 6.07) is 0. The van der Waals surface area contributed by atoms with Gasteiger partial charge in [-0.2, -0.15) is 0 Å². The average Bonchev–Trinajstić information content (AvgIpc) is 2.71. The van der Waals surface area contributed by atoms with Gasteiger partial charge in [0.1, 0.15) is 0 Å². The first-order chi connectivity index (χ1) is 7.25. The third-order valence-electron chi connectivity index (χ3n) is 2.72. The van der Waals surface area contributed by atoms with Crippen molar-refractivity contribution >= 4 is 17.3 Å². The number of nitrogens with zero attached hydrogens (tertiary/aromatic N) is 2. The van der Waals surface area contributed by atoms with E-state index in [1.54, 1.807) is 11.3 Å². The maximum Gasteiger partial charge on any atom is 0.307 e. The van der Waals surface area contributed by atoms with E-state index in [1.165, 1.54) is 4.88 Å². The number of hydrogen-bond donors (Lipinski definition) is 1. The van der Waals surface area contributed by atoms with Crippen molar-refractivity contribution in [3.63, 3.8) is 0 Å². The van der Waals surface area contributed by atoms with E-state index >= 15 is 0 Å². The van der Waals surface area contributed by atoms with Crippen LogP contribution in [0.1, 0.15) is 17.7 Å². The molecule has 15 heavy (non-hydrogen) atoms. The van der Waals surface area contributed by atoms with Gasteiger partial charge < -0.3 is 5.11 Å². The van der Waals surface area contributed by atoms with Gasteiger partial charge >= 0.3 is 5.97 Å². The Balaban J connectivity index is 1.90. The molecule has 1 fully saturated rings. The molecule has 1 aromatic rings. The lowest BCUT2D eigenvalue weighted by Gasteiger charge is -2.29. The summed E-state index contributed by atoms with van der Waals surface area (Å²) in [4.78, 5) is 18.3. The minimum absolute atomic E-state index is 0.188. The van der Waals surface area contributed by atoms with Gasteiger partial charge in [-0.15, -0.1) is 11.3 Å². The minimum atomic E-state index is -0.663. The number of carbonyl (C=O) groups is 1. The summed E-state index contributed by atoms with van der Waals surface area (Å²) in [7, 11) is 0. The smallest absolute Gasteiger partial charge is 0.307 e. The lowest BCUT2D eigenvalue weighted by Crippen LogP contribution is -2.37. The molecule has 0 aromatic carbocycles. The molecule has 1 aliphatic heterocycles. The number of carboxylic acid groups (broad SMARTS) is 1. The summed E-state index contributed by atoms with van der Waals surface area (Å²) < 4.78 is 0. The molecule has 1 aromatic heterocycles. The van der Waals surface area contributed by atoms with Crippen molar-refractivity contribution in [1.82, 2.24) is 9.88 Å². The normalized spacial score (nSPS) is 22.8. The minimum Gasteiger partial charge on any atom is -0.481 e. The van der Waals surface area contributed by atoms with Crippen molar-refractivity contribution in [1.29, 1.82) is 0 Å². The van der Waals surface area contributed by atoms with Crippen LogP contribution in [-0.2, 0) is 11.3 Å². The summed E-state index contributed by atoms with van der Waals surface area (Å²) in [5.74, 6) is -0.851. The van der Waals surface area contributed by atoms with Crippen molar-refractivity contribution in [3.8, 4) is 0 Å². The molecule has 4 nitrogen and oxygen atoms in total. The maximum atomic E-state index is 10.9. The second-order valence-corrected chi connectivity index (χ2v) is 4.85. The third-order valence-corrected chi connectivity index (χ3v) is 3.48. The summed E-state index contributed by atoms with van der Waals surface area (Å²) in [6.45, 7) is 2.52. The molecular formula is C10H14N2O2S. The van der Waals surface area contributed by atoms with Crippen molar-refractivity contribution in [2.45, 2.75) is 19.4 Å². The van der Waals surface area contributed by atoms with Gasteiger partial charge in [0, 0.05) is 24.2 Å². The molecule has 0 spiro atoms. The predicted octanol–water partition coefficient (Wildman–Crippen LogP) is 1.44. The molecule has 82 valence electrons. The Bertz CT molecular complexity index is 326. The van der Waals surface area contributed by atoms with Gasteiger partial charge in [-0.3, -0.25) is 14.7 Å². The Hall–Kier alpha value is -0.940. The van der Waals surface area contributed by atoms with E-state index in [2.05, 4.69) is 9.88 Å². The van der Waals surface area contributed by atoms with Gasteiger partial charge in [-0.05, 0) is 19.4 Å². The lowest BCUT2D eigenvalue weighted by molar-refractivity contribution is -0.143. The van der Waals surface area contributed by atoms with E-state index in [9.17, 15) is 4.79 Å². The largest absolute Gasteiger partial charge is 0.481 e. The van der Waals surface area contributed by atoms with Crippen LogP contribution in [0.5, 0.6) is 0 Å². The first kappa shape index (κ1) is 10.6. The van der Waals surface area contributed by atoms with Crippen LogP contribution in [0, 0.1) is 5.92 Å². The number of aliphatic carboxylic acids is 1. The highest BCUT2D eigenvalue weighted by atomic mass is 32.1. The molecule has 1 atom stereocenters. The second-order valence-electron chi connectivity index (χ2n) is 3.88. The average molecular weight is 226 g/mol. The summed E-state index contributed by atoms with van der Waals surface area (Å²) in [5, 5.41) is 8.95. The van der Waals surface area contributed by atoms with Gasteiger partial charge in [0.25, 0.3) is 0 Å². The van der Waals surface area contributed by atoms with Crippen LogP contribution in [0.15, 0.2) is 11.7 Å². The Morgan fingerprint density at radius 3 is 3.27 bits per heavy atom. The van der Waals surface area contributed by atoms with Crippen molar-refractivity contribution < 1.29 is 9.90 Å². The Morgan fingerprint density at radius 1 is 1.73 bits per heavy atom. The zero-order valence-corrected chi connectivity index (χ0v) is 9.24. The summed E-state index contributed by atoms with van der Waals surface area (Å²) in [6.07, 6.45) is 3.65. The first-order valence-electron chi connectivity index (χ1n) is 5.08. The van der Waals surface area contributed by atoms with Gasteiger partial charge in [0.2, 0.25) is 0 Å².